The molecule has 9 nitrogen and oxygen atoms in total. The summed E-state index contributed by atoms with van der Waals surface area (Å²) < 4.78 is 73.1. The van der Waals surface area contributed by atoms with Gasteiger partial charge in [0.1, 0.15) is 28.9 Å². The van der Waals surface area contributed by atoms with E-state index in [2.05, 4.69) is 25.6 Å². The van der Waals surface area contributed by atoms with Crippen LogP contribution >= 0.6 is 0 Å². The summed E-state index contributed by atoms with van der Waals surface area (Å²) in [6.45, 7) is 3.89. The number of rotatable bonds is 9. The van der Waals surface area contributed by atoms with Gasteiger partial charge in [-0.25, -0.2) is 23.5 Å². The van der Waals surface area contributed by atoms with Gasteiger partial charge < -0.3 is 26.4 Å². The molecule has 14 heteroatoms. The molecule has 0 saturated carbocycles. The van der Waals surface area contributed by atoms with Gasteiger partial charge >= 0.3 is 12.1 Å². The maximum atomic E-state index is 16.3. The van der Waals surface area contributed by atoms with Crippen molar-refractivity contribution in [1.82, 2.24) is 20.3 Å². The molecule has 1 aliphatic rings. The number of fused-ring (bicyclic) bond motifs is 1. The highest BCUT2D eigenvalue weighted by molar-refractivity contribution is 5.95. The van der Waals surface area contributed by atoms with Crippen molar-refractivity contribution in [3.63, 3.8) is 0 Å². The number of aliphatic carboxylic acids is 1. The number of aryl methyl sites for hydroxylation is 1. The lowest BCUT2D eigenvalue weighted by molar-refractivity contribution is -0.140. The van der Waals surface area contributed by atoms with Crippen molar-refractivity contribution >= 4 is 34.3 Å². The summed E-state index contributed by atoms with van der Waals surface area (Å²) in [6.07, 6.45) is -3.96. The zero-order valence-corrected chi connectivity index (χ0v) is 21.5. The van der Waals surface area contributed by atoms with E-state index >= 15 is 4.39 Å². The fourth-order valence-electron chi connectivity index (χ4n) is 4.65. The van der Waals surface area contributed by atoms with Crippen LogP contribution in [0.4, 0.5) is 39.4 Å². The van der Waals surface area contributed by atoms with Gasteiger partial charge in [0.25, 0.3) is 0 Å². The average molecular weight is 554 g/mol. The van der Waals surface area contributed by atoms with Crippen LogP contribution in [0.5, 0.6) is 0 Å². The molecule has 0 spiro atoms. The number of nitrogens with zero attached hydrogens (tertiary/aromatic N) is 4. The lowest BCUT2D eigenvalue weighted by Gasteiger charge is -2.38. The number of carboxylic acids is 1. The first-order valence-corrected chi connectivity index (χ1v) is 12.3. The number of anilines is 3. The zero-order valence-electron chi connectivity index (χ0n) is 21.5. The molecule has 0 aliphatic carbocycles. The Morgan fingerprint density at radius 2 is 1.92 bits per heavy atom. The molecule has 1 aliphatic heterocycles. The molecular weight excluding hydrogens is 525 g/mol. The Balaban J connectivity index is 2.06. The van der Waals surface area contributed by atoms with Crippen LogP contribution in [0, 0.1) is 18.6 Å². The Hall–Kier alpha value is -3.81. The maximum Gasteiger partial charge on any atom is 0.417 e. The number of alkyl halides is 3. The number of nitrogens with one attached hydrogen (secondary N) is 2. The highest BCUT2D eigenvalue weighted by Crippen LogP contribution is 2.44. The second kappa shape index (κ2) is 10.8. The molecule has 1 fully saturated rings. The molecule has 0 amide bonds. The number of hydrogen-bond acceptors (Lipinski definition) is 8. The Morgan fingerprint density at radius 1 is 1.21 bits per heavy atom. The number of aromatic nitrogens is 3. The van der Waals surface area contributed by atoms with E-state index in [0.717, 1.165) is 13.0 Å². The van der Waals surface area contributed by atoms with Crippen molar-refractivity contribution in [2.75, 3.05) is 42.6 Å². The summed E-state index contributed by atoms with van der Waals surface area (Å²) in [5.41, 5.74) is 1.41. The average Bonchev–Trinajstić information content (AvgIpc) is 2.82. The van der Waals surface area contributed by atoms with E-state index in [1.165, 1.54) is 4.90 Å². The highest BCUT2D eigenvalue weighted by Gasteiger charge is 2.40. The van der Waals surface area contributed by atoms with Crippen molar-refractivity contribution in [2.45, 2.75) is 45.3 Å². The van der Waals surface area contributed by atoms with Gasteiger partial charge in [0.2, 0.25) is 5.95 Å². The van der Waals surface area contributed by atoms with Crippen molar-refractivity contribution in [2.24, 2.45) is 0 Å². The number of halogens is 5. The first-order chi connectivity index (χ1) is 18.4. The summed E-state index contributed by atoms with van der Waals surface area (Å²) in [7, 11) is 1.73. The van der Waals surface area contributed by atoms with Gasteiger partial charge in [0, 0.05) is 25.2 Å². The van der Waals surface area contributed by atoms with Crippen molar-refractivity contribution < 1.29 is 31.9 Å². The fourth-order valence-corrected chi connectivity index (χ4v) is 4.65. The monoisotopic (exact) mass is 553 g/mol. The quantitative estimate of drug-likeness (QED) is 0.176. The third-order valence-electron chi connectivity index (χ3n) is 6.63. The molecule has 210 valence electrons. The Morgan fingerprint density at radius 3 is 2.49 bits per heavy atom. The minimum absolute atomic E-state index is 0.0857. The fraction of sp³-hybridized carbons (Fsp3) is 0.440. The van der Waals surface area contributed by atoms with E-state index in [4.69, 9.17) is 5.73 Å². The van der Waals surface area contributed by atoms with Gasteiger partial charge in [0.15, 0.2) is 5.82 Å². The predicted octanol–water partition coefficient (Wildman–Crippen LogP) is 4.13. The summed E-state index contributed by atoms with van der Waals surface area (Å²) in [6, 6.07) is -0.203. The molecule has 2 aromatic heterocycles. The first kappa shape index (κ1) is 28.2. The van der Waals surface area contributed by atoms with Crippen LogP contribution in [0.2, 0.25) is 0 Å². The molecular formula is C25H28F5N7O2. The van der Waals surface area contributed by atoms with E-state index in [9.17, 15) is 27.5 Å². The summed E-state index contributed by atoms with van der Waals surface area (Å²) in [5.74, 6) is -3.46. The van der Waals surface area contributed by atoms with Crippen LogP contribution in [0.3, 0.4) is 0 Å². The molecule has 39 heavy (non-hydrogen) atoms. The number of hydrogen-bond donors (Lipinski definition) is 4. The second-order valence-electron chi connectivity index (χ2n) is 9.26. The van der Waals surface area contributed by atoms with Crippen LogP contribution < -0.4 is 21.3 Å². The van der Waals surface area contributed by atoms with E-state index < -0.39 is 57.9 Å². The van der Waals surface area contributed by atoms with Crippen molar-refractivity contribution in [3.05, 3.63) is 34.5 Å². The highest BCUT2D eigenvalue weighted by atomic mass is 19.4. The molecule has 1 unspecified atom stereocenters. The molecule has 1 saturated heterocycles. The van der Waals surface area contributed by atoms with E-state index in [1.807, 2.05) is 6.92 Å². The van der Waals surface area contributed by atoms with Gasteiger partial charge in [0.05, 0.1) is 22.3 Å². The minimum atomic E-state index is -5.04. The summed E-state index contributed by atoms with van der Waals surface area (Å²) >= 11 is 0. The van der Waals surface area contributed by atoms with Crippen LogP contribution in [0.1, 0.15) is 36.6 Å². The van der Waals surface area contributed by atoms with Gasteiger partial charge in [-0.2, -0.15) is 18.2 Å². The number of carbonyl (C=O) groups is 1. The maximum absolute atomic E-state index is 16.3. The first-order valence-electron chi connectivity index (χ1n) is 12.3. The largest absolute Gasteiger partial charge is 0.480 e. The predicted molar refractivity (Wildman–Crippen MR) is 137 cm³/mol. The van der Waals surface area contributed by atoms with Crippen LogP contribution in [-0.4, -0.2) is 58.8 Å². The van der Waals surface area contributed by atoms with E-state index in [0.29, 0.717) is 32.5 Å². The third kappa shape index (κ3) is 5.12. The smallest absolute Gasteiger partial charge is 0.417 e. The molecule has 3 heterocycles. The van der Waals surface area contributed by atoms with Crippen LogP contribution in [0.25, 0.3) is 22.2 Å². The number of pyridine rings is 1. The van der Waals surface area contributed by atoms with Crippen molar-refractivity contribution in [3.8, 4) is 11.3 Å². The van der Waals surface area contributed by atoms with E-state index in [1.54, 1.807) is 7.05 Å². The molecule has 4 rings (SSSR count). The number of nitrogen functional groups attached to an aromatic ring is 1. The molecule has 5 N–H and O–H groups in total. The minimum Gasteiger partial charge on any atom is -0.480 e. The number of likely N-dealkylation sites (N-methyl/N-ethyl adjacent to an activating group) is 1. The Bertz CT molecular complexity index is 1430. The Kier molecular flexibility index (Phi) is 7.77. The molecule has 0 bridgehead atoms. The lowest BCUT2D eigenvalue weighted by atomic mass is 9.95. The third-order valence-corrected chi connectivity index (χ3v) is 6.63. The SMILES string of the molecule is CCCc1nc(-c2cc(N)c(F)c(C)c2C(F)(F)F)c(F)c2nc(N3CCC3C(=O)O)nc(NCCNC)c12. The molecule has 1 atom stereocenters. The summed E-state index contributed by atoms with van der Waals surface area (Å²) in [5, 5.41) is 15.7. The molecule has 1 aromatic carbocycles. The lowest BCUT2D eigenvalue weighted by Crippen LogP contribution is -2.53. The number of carboxylic acid groups (broad SMARTS) is 1. The van der Waals surface area contributed by atoms with Crippen LogP contribution in [-0.2, 0) is 17.4 Å². The van der Waals surface area contributed by atoms with Gasteiger partial charge in [-0.3, -0.25) is 0 Å². The number of benzene rings is 1. The molecule has 0 radical (unpaired) electrons. The Labute approximate surface area is 220 Å². The molecule has 3 aromatic rings. The number of nitrogens with two attached hydrogens (primary N) is 1. The van der Waals surface area contributed by atoms with Gasteiger partial charge in [-0.1, -0.05) is 13.3 Å². The normalized spacial score (nSPS) is 15.5. The van der Waals surface area contributed by atoms with Gasteiger partial charge in [-0.15, -0.1) is 0 Å². The van der Waals surface area contributed by atoms with Crippen molar-refractivity contribution in [1.29, 1.82) is 0 Å². The topological polar surface area (TPSA) is 129 Å². The van der Waals surface area contributed by atoms with Crippen LogP contribution in [0.15, 0.2) is 6.07 Å². The second-order valence-corrected chi connectivity index (χ2v) is 9.26. The zero-order chi connectivity index (χ0) is 28.6. The van der Waals surface area contributed by atoms with E-state index in [-0.39, 0.29) is 34.8 Å². The van der Waals surface area contributed by atoms with Gasteiger partial charge in [-0.05, 0) is 38.4 Å². The standard InChI is InChI=1S/C25H28F5N7O2/c1-4-5-14-16-21(35-24(36-22(16)33-8-7-32-3)37-9-6-15(37)23(38)39)19(27)20(34-14)12-10-13(31)18(26)11(2)17(12)25(28,29)30/h10,15,32H,4-9,31H2,1-3H3,(H,38,39)(H,33,35,36). The summed E-state index contributed by atoms with van der Waals surface area (Å²) in [4.78, 5) is 26.1.